The summed E-state index contributed by atoms with van der Waals surface area (Å²) in [5, 5.41) is 13.9. The standard InChI is InChI=1S/C33H50N2O7/c1-4-6-28(36)24-42-32-21-34-20-31(33(32)27-10-7-25(8-11-27)22-39-18-17-38-3)41-23-26-9-12-30-29(19-26)35(14-16-40-30)13-5-15-37-2/h7-12,19,28,31-34,36H,4-6,13-18,20-24H2,1-3H3/t28-,31-,32+,33?/m0/s1. The first kappa shape index (κ1) is 32.7. The van der Waals surface area contributed by atoms with Crippen molar-refractivity contribution in [2.75, 3.05) is 78.3 Å². The molecule has 0 saturated carbocycles. The predicted octanol–water partition coefficient (Wildman–Crippen LogP) is 3.90. The third kappa shape index (κ3) is 9.64. The first-order valence-electron chi connectivity index (χ1n) is 15.4. The fraction of sp³-hybridized carbons (Fsp3) is 0.636. The lowest BCUT2D eigenvalue weighted by Gasteiger charge is -2.39. The Kier molecular flexibility index (Phi) is 13.8. The Morgan fingerprint density at radius 3 is 2.48 bits per heavy atom. The highest BCUT2D eigenvalue weighted by Gasteiger charge is 2.36. The maximum absolute atomic E-state index is 10.4. The fourth-order valence-corrected chi connectivity index (χ4v) is 5.68. The number of fused-ring (bicyclic) bond motifs is 1. The van der Waals surface area contributed by atoms with Gasteiger partial charge in [-0.15, -0.1) is 0 Å². The summed E-state index contributed by atoms with van der Waals surface area (Å²) >= 11 is 0. The highest BCUT2D eigenvalue weighted by molar-refractivity contribution is 5.61. The van der Waals surface area contributed by atoms with Crippen LogP contribution < -0.4 is 15.0 Å². The average Bonchev–Trinajstić information content (AvgIpc) is 3.02. The van der Waals surface area contributed by atoms with Crippen molar-refractivity contribution >= 4 is 5.69 Å². The van der Waals surface area contributed by atoms with E-state index in [0.29, 0.717) is 46.2 Å². The van der Waals surface area contributed by atoms with Crippen LogP contribution in [0.2, 0.25) is 0 Å². The van der Waals surface area contributed by atoms with Crippen molar-refractivity contribution in [1.29, 1.82) is 0 Å². The van der Waals surface area contributed by atoms with E-state index in [0.717, 1.165) is 68.1 Å². The molecule has 2 N–H and O–H groups in total. The molecule has 1 saturated heterocycles. The van der Waals surface area contributed by atoms with Gasteiger partial charge in [0.25, 0.3) is 0 Å². The number of nitrogens with one attached hydrogen (secondary N) is 1. The van der Waals surface area contributed by atoms with Crippen LogP contribution in [0.15, 0.2) is 42.5 Å². The van der Waals surface area contributed by atoms with Gasteiger partial charge < -0.3 is 43.7 Å². The summed E-state index contributed by atoms with van der Waals surface area (Å²) in [5.74, 6) is 0.944. The molecule has 0 spiro atoms. The fourth-order valence-electron chi connectivity index (χ4n) is 5.68. The van der Waals surface area contributed by atoms with Crippen molar-refractivity contribution in [3.05, 3.63) is 59.2 Å². The van der Waals surface area contributed by atoms with Crippen LogP contribution in [0.1, 0.15) is 48.8 Å². The molecule has 2 aromatic carbocycles. The molecule has 0 aromatic heterocycles. The Bertz CT molecular complexity index is 1040. The monoisotopic (exact) mass is 586 g/mol. The normalized spacial score (nSPS) is 21.1. The summed E-state index contributed by atoms with van der Waals surface area (Å²) in [6, 6.07) is 14.9. The molecule has 9 nitrogen and oxygen atoms in total. The van der Waals surface area contributed by atoms with Crippen LogP contribution in [0.4, 0.5) is 5.69 Å². The van der Waals surface area contributed by atoms with Crippen LogP contribution in [-0.2, 0) is 36.9 Å². The van der Waals surface area contributed by atoms with E-state index in [4.69, 9.17) is 28.4 Å². The minimum absolute atomic E-state index is 0.0232. The number of anilines is 1. The maximum Gasteiger partial charge on any atom is 0.142 e. The highest BCUT2D eigenvalue weighted by atomic mass is 16.5. The number of rotatable bonds is 18. The van der Waals surface area contributed by atoms with Gasteiger partial charge in [-0.25, -0.2) is 0 Å². The van der Waals surface area contributed by atoms with Gasteiger partial charge in [-0.3, -0.25) is 0 Å². The van der Waals surface area contributed by atoms with Gasteiger partial charge in [-0.1, -0.05) is 43.7 Å². The lowest BCUT2D eigenvalue weighted by atomic mass is 9.85. The molecule has 0 radical (unpaired) electrons. The van der Waals surface area contributed by atoms with Gasteiger partial charge >= 0.3 is 0 Å². The smallest absolute Gasteiger partial charge is 0.142 e. The van der Waals surface area contributed by atoms with Crippen LogP contribution in [-0.4, -0.2) is 96.9 Å². The molecule has 4 rings (SSSR count). The Labute approximate surface area is 251 Å². The van der Waals surface area contributed by atoms with E-state index in [9.17, 15) is 5.11 Å². The second-order valence-electron chi connectivity index (χ2n) is 11.1. The van der Waals surface area contributed by atoms with E-state index < -0.39 is 6.10 Å². The number of aliphatic hydroxyl groups is 1. The lowest BCUT2D eigenvalue weighted by Crippen LogP contribution is -2.51. The van der Waals surface area contributed by atoms with E-state index >= 15 is 0 Å². The van der Waals surface area contributed by atoms with Crippen LogP contribution in [0.3, 0.4) is 0 Å². The first-order valence-corrected chi connectivity index (χ1v) is 15.4. The number of aliphatic hydroxyl groups excluding tert-OH is 1. The van der Waals surface area contributed by atoms with Crippen LogP contribution in [0, 0.1) is 0 Å². The van der Waals surface area contributed by atoms with Crippen molar-refractivity contribution < 1.29 is 33.5 Å². The van der Waals surface area contributed by atoms with E-state index in [1.807, 2.05) is 0 Å². The summed E-state index contributed by atoms with van der Waals surface area (Å²) in [6.07, 6.45) is 1.94. The van der Waals surface area contributed by atoms with Crippen molar-refractivity contribution in [3.8, 4) is 5.75 Å². The molecule has 2 aromatic rings. The quantitative estimate of drug-likeness (QED) is 0.253. The number of piperidine rings is 1. The molecular weight excluding hydrogens is 536 g/mol. The zero-order valence-corrected chi connectivity index (χ0v) is 25.6. The molecule has 234 valence electrons. The summed E-state index contributed by atoms with van der Waals surface area (Å²) in [6.45, 7) is 9.23. The minimum Gasteiger partial charge on any atom is -0.490 e. The SMILES string of the molecule is CCC[C@H](O)CO[C@@H]1CNC[C@H](OCc2ccc3c(c2)N(CCCOC)CCO3)C1c1ccc(COCCOC)cc1. The molecular formula is C33H50N2O7. The molecule has 2 heterocycles. The van der Waals surface area contributed by atoms with Crippen molar-refractivity contribution in [2.24, 2.45) is 0 Å². The molecule has 0 amide bonds. The molecule has 9 heteroatoms. The van der Waals surface area contributed by atoms with Gasteiger partial charge in [-0.05, 0) is 41.7 Å². The number of hydrogen-bond acceptors (Lipinski definition) is 9. The van der Waals surface area contributed by atoms with Gasteiger partial charge in [0.1, 0.15) is 12.4 Å². The van der Waals surface area contributed by atoms with Gasteiger partial charge in [0.05, 0.1) is 63.6 Å². The second-order valence-corrected chi connectivity index (χ2v) is 11.1. The zero-order valence-electron chi connectivity index (χ0n) is 25.6. The Balaban J connectivity index is 1.46. The second kappa shape index (κ2) is 17.8. The average molecular weight is 587 g/mol. The van der Waals surface area contributed by atoms with Crippen molar-refractivity contribution in [3.63, 3.8) is 0 Å². The molecule has 1 unspecified atom stereocenters. The number of nitrogens with zero attached hydrogens (tertiary/aromatic N) is 1. The summed E-state index contributed by atoms with van der Waals surface area (Å²) in [5.41, 5.74) is 4.51. The third-order valence-corrected chi connectivity index (χ3v) is 7.91. The molecule has 2 aliphatic heterocycles. The number of ether oxygens (including phenoxy) is 6. The van der Waals surface area contributed by atoms with E-state index in [2.05, 4.69) is 59.6 Å². The Morgan fingerprint density at radius 1 is 0.952 bits per heavy atom. The molecule has 1 fully saturated rings. The van der Waals surface area contributed by atoms with Crippen molar-refractivity contribution in [2.45, 2.75) is 63.6 Å². The zero-order chi connectivity index (χ0) is 29.6. The number of hydrogen-bond donors (Lipinski definition) is 2. The van der Waals surface area contributed by atoms with E-state index in [1.165, 1.54) is 5.56 Å². The molecule has 0 bridgehead atoms. The summed E-state index contributed by atoms with van der Waals surface area (Å²) < 4.78 is 35.0. The number of benzene rings is 2. The van der Waals surface area contributed by atoms with Gasteiger partial charge in [0, 0.05) is 46.4 Å². The molecule has 42 heavy (non-hydrogen) atoms. The number of methoxy groups -OCH3 is 2. The maximum atomic E-state index is 10.4. The summed E-state index contributed by atoms with van der Waals surface area (Å²) in [4.78, 5) is 2.37. The molecule has 0 aliphatic carbocycles. The van der Waals surface area contributed by atoms with Crippen LogP contribution in [0.5, 0.6) is 5.75 Å². The Morgan fingerprint density at radius 2 is 1.71 bits per heavy atom. The Hall–Kier alpha value is -2.24. The molecule has 2 aliphatic rings. The van der Waals surface area contributed by atoms with Crippen LogP contribution >= 0.6 is 0 Å². The topological polar surface area (TPSA) is 90.9 Å². The van der Waals surface area contributed by atoms with Crippen molar-refractivity contribution in [1.82, 2.24) is 5.32 Å². The summed E-state index contributed by atoms with van der Waals surface area (Å²) in [7, 11) is 3.42. The van der Waals surface area contributed by atoms with Crippen LogP contribution in [0.25, 0.3) is 0 Å². The first-order chi connectivity index (χ1) is 20.6. The predicted molar refractivity (Wildman–Crippen MR) is 163 cm³/mol. The van der Waals surface area contributed by atoms with Gasteiger partial charge in [0.2, 0.25) is 0 Å². The molecule has 4 atom stereocenters. The van der Waals surface area contributed by atoms with E-state index in [-0.39, 0.29) is 18.1 Å². The largest absolute Gasteiger partial charge is 0.490 e. The minimum atomic E-state index is -0.465. The third-order valence-electron chi connectivity index (χ3n) is 7.91. The van der Waals surface area contributed by atoms with Gasteiger partial charge in [0.15, 0.2) is 0 Å². The highest BCUT2D eigenvalue weighted by Crippen LogP contribution is 2.35. The lowest BCUT2D eigenvalue weighted by molar-refractivity contribution is -0.0783. The van der Waals surface area contributed by atoms with E-state index in [1.54, 1.807) is 14.2 Å². The van der Waals surface area contributed by atoms with Gasteiger partial charge in [-0.2, -0.15) is 0 Å².